The van der Waals surface area contributed by atoms with Gasteiger partial charge < -0.3 is 14.8 Å². The van der Waals surface area contributed by atoms with Crippen LogP contribution in [0.5, 0.6) is 11.5 Å². The molecule has 0 unspecified atom stereocenters. The molecule has 0 spiro atoms. The molecule has 0 saturated heterocycles. The van der Waals surface area contributed by atoms with Crippen LogP contribution in [0.15, 0.2) is 77.7 Å². The zero-order chi connectivity index (χ0) is 22.2. The standard InChI is InChI=1S/C26H20N4O3/c31-25-23-20(19-7-6-17-3-1-2-4-18(17)14-19)9-10-27-24(23)29-26(30-25)28-15-16-5-8-21-22(13-16)33-12-11-32-21/h1-10,13-14H,11-12,15H2,(H2,27,28,29,30,31). The third kappa shape index (κ3) is 3.63. The van der Waals surface area contributed by atoms with Crippen molar-refractivity contribution < 1.29 is 9.47 Å². The fourth-order valence-electron chi connectivity index (χ4n) is 4.13. The second kappa shape index (κ2) is 7.94. The molecule has 33 heavy (non-hydrogen) atoms. The van der Waals surface area contributed by atoms with Gasteiger partial charge in [-0.1, -0.05) is 42.5 Å². The molecule has 0 radical (unpaired) electrons. The molecule has 2 aromatic heterocycles. The molecule has 7 nitrogen and oxygen atoms in total. The van der Waals surface area contributed by atoms with Crippen molar-refractivity contribution in [1.29, 1.82) is 0 Å². The highest BCUT2D eigenvalue weighted by atomic mass is 16.6. The van der Waals surface area contributed by atoms with E-state index in [1.165, 1.54) is 0 Å². The second-order valence-corrected chi connectivity index (χ2v) is 7.87. The highest BCUT2D eigenvalue weighted by Gasteiger charge is 2.14. The molecule has 1 aliphatic heterocycles. The van der Waals surface area contributed by atoms with E-state index in [0.717, 1.165) is 39.0 Å². The van der Waals surface area contributed by atoms with E-state index in [4.69, 9.17) is 9.47 Å². The minimum atomic E-state index is -0.235. The van der Waals surface area contributed by atoms with E-state index in [9.17, 15) is 4.79 Å². The average molecular weight is 436 g/mol. The van der Waals surface area contributed by atoms with Gasteiger partial charge in [-0.3, -0.25) is 9.78 Å². The van der Waals surface area contributed by atoms with Crippen LogP contribution in [0.4, 0.5) is 5.95 Å². The monoisotopic (exact) mass is 436 g/mol. The molecule has 0 saturated carbocycles. The maximum Gasteiger partial charge on any atom is 0.262 e. The van der Waals surface area contributed by atoms with Crippen LogP contribution < -0.4 is 20.3 Å². The Morgan fingerprint density at radius 2 is 1.76 bits per heavy atom. The second-order valence-electron chi connectivity index (χ2n) is 7.87. The molecule has 0 bridgehead atoms. The number of nitrogens with zero attached hydrogens (tertiary/aromatic N) is 2. The number of H-pyrrole nitrogens is 1. The molecule has 0 amide bonds. The first-order chi connectivity index (χ1) is 16.2. The molecule has 3 heterocycles. The van der Waals surface area contributed by atoms with Gasteiger partial charge in [0.25, 0.3) is 5.56 Å². The molecule has 162 valence electrons. The smallest absolute Gasteiger partial charge is 0.262 e. The van der Waals surface area contributed by atoms with Gasteiger partial charge in [0.05, 0.1) is 5.39 Å². The number of aromatic amines is 1. The number of rotatable bonds is 4. The predicted molar refractivity (Wildman–Crippen MR) is 128 cm³/mol. The van der Waals surface area contributed by atoms with Gasteiger partial charge in [-0.05, 0) is 51.7 Å². The first kappa shape index (κ1) is 19.3. The summed E-state index contributed by atoms with van der Waals surface area (Å²) in [6.45, 7) is 1.56. The average Bonchev–Trinajstić information content (AvgIpc) is 2.86. The fraction of sp³-hybridized carbons (Fsp3) is 0.115. The Bertz CT molecular complexity index is 1560. The van der Waals surface area contributed by atoms with Crippen molar-refractivity contribution in [1.82, 2.24) is 15.0 Å². The summed E-state index contributed by atoms with van der Waals surface area (Å²) >= 11 is 0. The lowest BCUT2D eigenvalue weighted by Gasteiger charge is -2.19. The highest BCUT2D eigenvalue weighted by molar-refractivity contribution is 5.95. The van der Waals surface area contributed by atoms with Crippen LogP contribution in [0.1, 0.15) is 5.56 Å². The number of benzene rings is 3. The number of fused-ring (bicyclic) bond motifs is 3. The summed E-state index contributed by atoms with van der Waals surface area (Å²) in [4.78, 5) is 24.8. The molecule has 6 rings (SSSR count). The number of pyridine rings is 1. The summed E-state index contributed by atoms with van der Waals surface area (Å²) in [5.74, 6) is 1.83. The van der Waals surface area contributed by atoms with E-state index in [2.05, 4.69) is 44.5 Å². The first-order valence-corrected chi connectivity index (χ1v) is 10.8. The molecule has 2 N–H and O–H groups in total. The van der Waals surface area contributed by atoms with E-state index in [1.807, 2.05) is 42.5 Å². The van der Waals surface area contributed by atoms with E-state index in [-0.39, 0.29) is 5.56 Å². The Labute approximate surface area is 189 Å². The van der Waals surface area contributed by atoms with E-state index in [1.54, 1.807) is 6.20 Å². The minimum absolute atomic E-state index is 0.235. The minimum Gasteiger partial charge on any atom is -0.486 e. The first-order valence-electron chi connectivity index (χ1n) is 10.8. The zero-order valence-corrected chi connectivity index (χ0v) is 17.7. The van der Waals surface area contributed by atoms with Gasteiger partial charge in [0.15, 0.2) is 17.1 Å². The lowest BCUT2D eigenvalue weighted by Crippen LogP contribution is -2.16. The molecule has 7 heteroatoms. The van der Waals surface area contributed by atoms with Crippen molar-refractivity contribution >= 4 is 27.8 Å². The van der Waals surface area contributed by atoms with Crippen LogP contribution in [0.3, 0.4) is 0 Å². The summed E-state index contributed by atoms with van der Waals surface area (Å²) in [6, 6.07) is 21.9. The number of anilines is 1. The Morgan fingerprint density at radius 1 is 0.909 bits per heavy atom. The van der Waals surface area contributed by atoms with Gasteiger partial charge in [0.1, 0.15) is 13.2 Å². The SMILES string of the molecule is O=c1[nH]c(NCc2ccc3c(c2)OCCO3)nc2nccc(-c3ccc4ccccc4c3)c12. The molecule has 3 aromatic carbocycles. The van der Waals surface area contributed by atoms with Crippen LogP contribution in [0.2, 0.25) is 0 Å². The summed E-state index contributed by atoms with van der Waals surface area (Å²) in [7, 11) is 0. The topological polar surface area (TPSA) is 89.1 Å². The molecule has 1 aliphatic rings. The van der Waals surface area contributed by atoms with E-state index < -0.39 is 0 Å². The highest BCUT2D eigenvalue weighted by Crippen LogP contribution is 2.31. The van der Waals surface area contributed by atoms with Gasteiger partial charge in [-0.2, -0.15) is 4.98 Å². The van der Waals surface area contributed by atoms with E-state index in [0.29, 0.717) is 36.7 Å². The Morgan fingerprint density at radius 3 is 2.67 bits per heavy atom. The van der Waals surface area contributed by atoms with Gasteiger partial charge >= 0.3 is 0 Å². The Kier molecular flexibility index (Phi) is 4.65. The van der Waals surface area contributed by atoms with Gasteiger partial charge in [-0.25, -0.2) is 4.98 Å². The summed E-state index contributed by atoms with van der Waals surface area (Å²) < 4.78 is 11.2. The molecule has 0 fully saturated rings. The maximum atomic E-state index is 13.0. The number of nitrogens with one attached hydrogen (secondary N) is 2. The number of aromatic nitrogens is 3. The fourth-order valence-corrected chi connectivity index (χ4v) is 4.13. The van der Waals surface area contributed by atoms with Crippen molar-refractivity contribution in [3.05, 3.63) is 88.8 Å². The van der Waals surface area contributed by atoms with Crippen LogP contribution in [0, 0.1) is 0 Å². The number of hydrogen-bond acceptors (Lipinski definition) is 6. The third-order valence-corrected chi connectivity index (χ3v) is 5.73. The maximum absolute atomic E-state index is 13.0. The number of hydrogen-bond donors (Lipinski definition) is 2. The summed E-state index contributed by atoms with van der Waals surface area (Å²) in [5.41, 5.74) is 2.90. The summed E-state index contributed by atoms with van der Waals surface area (Å²) in [5, 5.41) is 5.91. The van der Waals surface area contributed by atoms with Crippen LogP contribution in [0.25, 0.3) is 32.9 Å². The van der Waals surface area contributed by atoms with Crippen LogP contribution in [-0.4, -0.2) is 28.2 Å². The normalized spacial score (nSPS) is 12.7. The van der Waals surface area contributed by atoms with Crippen molar-refractivity contribution in [2.45, 2.75) is 6.54 Å². The molecule has 5 aromatic rings. The molecule has 0 atom stereocenters. The van der Waals surface area contributed by atoms with Crippen LogP contribution in [-0.2, 0) is 6.54 Å². The lowest BCUT2D eigenvalue weighted by atomic mass is 10.00. The molecule has 0 aliphatic carbocycles. The van der Waals surface area contributed by atoms with Gasteiger partial charge in [0, 0.05) is 12.7 Å². The lowest BCUT2D eigenvalue weighted by molar-refractivity contribution is 0.171. The Balaban J connectivity index is 1.32. The van der Waals surface area contributed by atoms with Crippen molar-refractivity contribution in [2.75, 3.05) is 18.5 Å². The van der Waals surface area contributed by atoms with E-state index >= 15 is 0 Å². The molecular weight excluding hydrogens is 416 g/mol. The largest absolute Gasteiger partial charge is 0.486 e. The van der Waals surface area contributed by atoms with Crippen molar-refractivity contribution in [3.8, 4) is 22.6 Å². The zero-order valence-electron chi connectivity index (χ0n) is 17.7. The Hall–Kier alpha value is -4.39. The van der Waals surface area contributed by atoms with Gasteiger partial charge in [-0.15, -0.1) is 0 Å². The predicted octanol–water partition coefficient (Wildman–Crippen LogP) is 4.52. The third-order valence-electron chi connectivity index (χ3n) is 5.73. The van der Waals surface area contributed by atoms with Crippen molar-refractivity contribution in [3.63, 3.8) is 0 Å². The summed E-state index contributed by atoms with van der Waals surface area (Å²) in [6.07, 6.45) is 1.68. The van der Waals surface area contributed by atoms with Gasteiger partial charge in [0.2, 0.25) is 5.95 Å². The molecular formula is C26H20N4O3. The quantitative estimate of drug-likeness (QED) is 0.431. The number of ether oxygens (including phenoxy) is 2. The van der Waals surface area contributed by atoms with Crippen LogP contribution >= 0.6 is 0 Å². The van der Waals surface area contributed by atoms with Crippen molar-refractivity contribution in [2.24, 2.45) is 0 Å².